The Hall–Kier alpha value is -2.59. The lowest BCUT2D eigenvalue weighted by atomic mass is 10.1. The maximum Gasteiger partial charge on any atom is 0.208 e. The number of hydrogen-bond acceptors (Lipinski definition) is 4. The Morgan fingerprint density at radius 2 is 1.83 bits per heavy atom. The number of nitrogens with zero attached hydrogens (tertiary/aromatic N) is 3. The Morgan fingerprint density at radius 3 is 2.52 bits per heavy atom. The summed E-state index contributed by atoms with van der Waals surface area (Å²) < 4.78 is 0. The highest BCUT2D eigenvalue weighted by molar-refractivity contribution is 5.86. The third-order valence-corrected chi connectivity index (χ3v) is 3.71. The minimum Gasteiger partial charge on any atom is -0.493 e. The summed E-state index contributed by atoms with van der Waals surface area (Å²) >= 11 is 0. The van der Waals surface area contributed by atoms with Gasteiger partial charge in [-0.3, -0.25) is 0 Å². The average molecular weight is 307 g/mol. The van der Waals surface area contributed by atoms with E-state index in [1.807, 2.05) is 30.3 Å². The van der Waals surface area contributed by atoms with Crippen molar-refractivity contribution >= 4 is 6.21 Å². The van der Waals surface area contributed by atoms with Crippen molar-refractivity contribution in [2.24, 2.45) is 5.10 Å². The summed E-state index contributed by atoms with van der Waals surface area (Å²) in [6, 6.07) is 9.99. The van der Waals surface area contributed by atoms with Gasteiger partial charge in [-0.2, -0.15) is 5.10 Å². The predicted molar refractivity (Wildman–Crippen MR) is 94.0 cm³/mol. The maximum atomic E-state index is 10.3. The summed E-state index contributed by atoms with van der Waals surface area (Å²) in [7, 11) is 4.10. The second-order valence-electron chi connectivity index (χ2n) is 5.99. The van der Waals surface area contributed by atoms with E-state index in [0.717, 1.165) is 23.3 Å². The van der Waals surface area contributed by atoms with Gasteiger partial charge in [-0.15, -0.1) is 0 Å². The van der Waals surface area contributed by atoms with Crippen molar-refractivity contribution in [2.75, 3.05) is 20.6 Å². The minimum atomic E-state index is 0.168. The largest absolute Gasteiger partial charge is 0.493 e. The van der Waals surface area contributed by atoms with Gasteiger partial charge >= 0.3 is 0 Å². The second-order valence-corrected chi connectivity index (χ2v) is 5.99. The molecule has 0 amide bonds. The van der Waals surface area contributed by atoms with E-state index in [1.165, 1.54) is 5.57 Å². The van der Waals surface area contributed by atoms with Gasteiger partial charge in [-0.1, -0.05) is 42.5 Å². The number of likely N-dealkylation sites (N-methyl/N-ethyl adjacent to an activating group) is 1. The van der Waals surface area contributed by atoms with Crippen LogP contribution in [0.1, 0.15) is 5.56 Å². The molecule has 2 aliphatic rings. The molecule has 0 fully saturated rings. The van der Waals surface area contributed by atoms with Gasteiger partial charge in [0.05, 0.1) is 12.8 Å². The first-order chi connectivity index (χ1) is 11.1. The molecule has 0 aromatic heterocycles. The highest BCUT2D eigenvalue weighted by Gasteiger charge is 2.15. The fraction of sp³-hybridized carbons (Fsp3) is 0.211. The molecule has 23 heavy (non-hydrogen) atoms. The molecule has 118 valence electrons. The van der Waals surface area contributed by atoms with Crippen LogP contribution in [0.5, 0.6) is 0 Å². The van der Waals surface area contributed by atoms with E-state index in [-0.39, 0.29) is 5.88 Å². The minimum absolute atomic E-state index is 0.168. The quantitative estimate of drug-likeness (QED) is 0.928. The summed E-state index contributed by atoms with van der Waals surface area (Å²) in [5.74, 6) is 0.168. The van der Waals surface area contributed by atoms with Crippen molar-refractivity contribution < 1.29 is 5.11 Å². The number of rotatable bonds is 4. The van der Waals surface area contributed by atoms with E-state index in [4.69, 9.17) is 0 Å². The van der Waals surface area contributed by atoms with Crippen LogP contribution < -0.4 is 0 Å². The predicted octanol–water partition coefficient (Wildman–Crippen LogP) is 3.24. The van der Waals surface area contributed by atoms with Crippen molar-refractivity contribution in [3.05, 3.63) is 82.8 Å². The van der Waals surface area contributed by atoms with Gasteiger partial charge in [0.15, 0.2) is 0 Å². The fourth-order valence-electron chi connectivity index (χ4n) is 2.61. The van der Waals surface area contributed by atoms with E-state index < -0.39 is 0 Å². The van der Waals surface area contributed by atoms with Crippen molar-refractivity contribution in [1.29, 1.82) is 0 Å². The Kier molecular flexibility index (Phi) is 4.44. The zero-order chi connectivity index (χ0) is 16.2. The topological polar surface area (TPSA) is 39.1 Å². The first kappa shape index (κ1) is 15.3. The third kappa shape index (κ3) is 3.79. The zero-order valence-electron chi connectivity index (χ0n) is 13.5. The molecule has 0 spiro atoms. The highest BCUT2D eigenvalue weighted by atomic mass is 16.3. The van der Waals surface area contributed by atoms with Crippen LogP contribution in [0, 0.1) is 0 Å². The lowest BCUT2D eigenvalue weighted by Gasteiger charge is -2.21. The molecule has 0 saturated carbocycles. The lowest BCUT2D eigenvalue weighted by molar-refractivity contribution is 0.199. The number of allylic oxidation sites excluding steroid dienone is 5. The molecule has 1 aromatic carbocycles. The molecule has 4 nitrogen and oxygen atoms in total. The average Bonchev–Trinajstić information content (AvgIpc) is 2.98. The Balaban J connectivity index is 1.75. The summed E-state index contributed by atoms with van der Waals surface area (Å²) in [6.07, 6.45) is 9.88. The van der Waals surface area contributed by atoms with Crippen molar-refractivity contribution in [3.63, 3.8) is 0 Å². The monoisotopic (exact) mass is 307 g/mol. The SMILES string of the molecule is CN(C)CC1=C/C(=C2\C=NN(Cc3ccccc3)C(O)=C2)C=C1. The van der Waals surface area contributed by atoms with Gasteiger partial charge in [-0.25, -0.2) is 5.01 Å². The van der Waals surface area contributed by atoms with Crippen LogP contribution in [-0.2, 0) is 6.54 Å². The molecule has 1 aliphatic heterocycles. The Labute approximate surface area is 137 Å². The molecule has 1 heterocycles. The molecule has 1 aliphatic carbocycles. The molecular weight excluding hydrogens is 286 g/mol. The Bertz CT molecular complexity index is 724. The smallest absolute Gasteiger partial charge is 0.208 e. The summed E-state index contributed by atoms with van der Waals surface area (Å²) in [5.41, 5.74) is 4.37. The molecule has 1 N–H and O–H groups in total. The number of aliphatic hydroxyl groups is 1. The van der Waals surface area contributed by atoms with Gasteiger partial charge < -0.3 is 10.0 Å². The number of aliphatic hydroxyl groups excluding tert-OH is 1. The molecule has 4 heteroatoms. The molecule has 1 aromatic rings. The molecule has 0 unspecified atom stereocenters. The second kappa shape index (κ2) is 6.67. The lowest BCUT2D eigenvalue weighted by Crippen LogP contribution is -2.20. The van der Waals surface area contributed by atoms with Crippen LogP contribution in [0.25, 0.3) is 0 Å². The highest BCUT2D eigenvalue weighted by Crippen LogP contribution is 2.23. The molecule has 0 radical (unpaired) electrons. The van der Waals surface area contributed by atoms with Crippen LogP contribution in [0.4, 0.5) is 0 Å². The summed E-state index contributed by atoms with van der Waals surface area (Å²) in [6.45, 7) is 1.46. The summed E-state index contributed by atoms with van der Waals surface area (Å²) in [4.78, 5) is 2.13. The molecule has 3 rings (SSSR count). The molecular formula is C19H21N3O. The normalized spacial score (nSPS) is 20.2. The zero-order valence-corrected chi connectivity index (χ0v) is 13.5. The first-order valence-electron chi connectivity index (χ1n) is 7.65. The first-order valence-corrected chi connectivity index (χ1v) is 7.65. The number of hydrazone groups is 1. The number of benzene rings is 1. The van der Waals surface area contributed by atoms with Gasteiger partial charge in [0.25, 0.3) is 0 Å². The van der Waals surface area contributed by atoms with Gasteiger partial charge in [0.1, 0.15) is 0 Å². The van der Waals surface area contributed by atoms with Crippen LogP contribution in [0.2, 0.25) is 0 Å². The maximum absolute atomic E-state index is 10.3. The van der Waals surface area contributed by atoms with Crippen molar-refractivity contribution in [3.8, 4) is 0 Å². The number of hydrogen-bond donors (Lipinski definition) is 1. The summed E-state index contributed by atoms with van der Waals surface area (Å²) in [5, 5.41) is 16.2. The van der Waals surface area contributed by atoms with E-state index >= 15 is 0 Å². The Morgan fingerprint density at radius 1 is 1.04 bits per heavy atom. The van der Waals surface area contributed by atoms with Crippen LogP contribution in [-0.4, -0.2) is 41.9 Å². The van der Waals surface area contributed by atoms with E-state index in [2.05, 4.69) is 42.3 Å². The van der Waals surface area contributed by atoms with Crippen LogP contribution >= 0.6 is 0 Å². The molecule has 0 atom stereocenters. The third-order valence-electron chi connectivity index (χ3n) is 3.71. The fourth-order valence-corrected chi connectivity index (χ4v) is 2.61. The van der Waals surface area contributed by atoms with E-state index in [9.17, 15) is 5.11 Å². The van der Waals surface area contributed by atoms with Crippen LogP contribution in [0.3, 0.4) is 0 Å². The van der Waals surface area contributed by atoms with E-state index in [0.29, 0.717) is 6.54 Å². The van der Waals surface area contributed by atoms with Crippen molar-refractivity contribution in [1.82, 2.24) is 9.91 Å². The van der Waals surface area contributed by atoms with Crippen LogP contribution in [0.15, 0.2) is 82.3 Å². The van der Waals surface area contributed by atoms with E-state index in [1.54, 1.807) is 17.3 Å². The van der Waals surface area contributed by atoms with Gasteiger partial charge in [0, 0.05) is 18.2 Å². The van der Waals surface area contributed by atoms with Gasteiger partial charge in [0.2, 0.25) is 5.88 Å². The van der Waals surface area contributed by atoms with Gasteiger partial charge in [-0.05, 0) is 36.9 Å². The standard InChI is InChI=1S/C19H21N3O/c1-21(2)13-16-8-9-17(10-16)18-11-19(23)22(20-12-18)14-15-6-4-3-5-7-15/h3-12,23H,13-14H2,1-2H3/b18-17-. The molecule has 0 bridgehead atoms. The molecule has 0 saturated heterocycles. The van der Waals surface area contributed by atoms with Crippen molar-refractivity contribution in [2.45, 2.75) is 6.54 Å².